The predicted octanol–water partition coefficient (Wildman–Crippen LogP) is 2.20. The van der Waals surface area contributed by atoms with Crippen molar-refractivity contribution in [2.24, 2.45) is 7.05 Å². The second kappa shape index (κ2) is 5.61. The molecule has 0 unspecified atom stereocenters. The number of benzene rings is 1. The Morgan fingerprint density at radius 1 is 1.14 bits per heavy atom. The Morgan fingerprint density at radius 2 is 1.76 bits per heavy atom. The molecule has 0 aliphatic heterocycles. The lowest BCUT2D eigenvalue weighted by molar-refractivity contribution is 0.576. The van der Waals surface area contributed by atoms with Gasteiger partial charge in [-0.25, -0.2) is 13.1 Å². The van der Waals surface area contributed by atoms with Gasteiger partial charge >= 0.3 is 0 Å². The molecular weight excluding hydrogens is 286 g/mol. The van der Waals surface area contributed by atoms with E-state index in [0.29, 0.717) is 5.69 Å². The van der Waals surface area contributed by atoms with Crippen molar-refractivity contribution in [3.05, 3.63) is 47.8 Å². The lowest BCUT2D eigenvalue weighted by Crippen LogP contribution is -2.23. The van der Waals surface area contributed by atoms with E-state index in [0.717, 1.165) is 5.56 Å². The summed E-state index contributed by atoms with van der Waals surface area (Å²) in [6, 6.07) is 8.78. The normalized spacial score (nSPS) is 12.6. The molecule has 0 aliphatic rings. The van der Waals surface area contributed by atoms with Crippen LogP contribution in [0.4, 0.5) is 0 Å². The van der Waals surface area contributed by atoms with Crippen LogP contribution in [-0.2, 0) is 29.0 Å². The van der Waals surface area contributed by atoms with Crippen LogP contribution >= 0.6 is 0 Å². The summed E-state index contributed by atoms with van der Waals surface area (Å²) in [7, 11) is -1.72. The first-order valence-corrected chi connectivity index (χ1v) is 8.25. The second-order valence-corrected chi connectivity index (χ2v) is 7.85. The van der Waals surface area contributed by atoms with Crippen LogP contribution in [0.5, 0.6) is 0 Å². The van der Waals surface area contributed by atoms with Crippen LogP contribution in [-0.4, -0.2) is 18.2 Å². The Morgan fingerprint density at radius 3 is 2.24 bits per heavy atom. The first kappa shape index (κ1) is 15.7. The van der Waals surface area contributed by atoms with Gasteiger partial charge in [0.05, 0.1) is 17.1 Å². The average molecular weight is 307 g/mol. The zero-order valence-corrected chi connectivity index (χ0v) is 13.6. The average Bonchev–Trinajstić information content (AvgIpc) is 2.82. The molecule has 0 atom stereocenters. The molecule has 2 aromatic rings. The minimum atomic E-state index is -3.51. The number of nitrogens with zero attached hydrogens (tertiary/aromatic N) is 2. The van der Waals surface area contributed by atoms with Crippen LogP contribution in [0.1, 0.15) is 32.0 Å². The SMILES string of the molecule is Cn1ccc(CNS(=O)(=O)c2ccc(C(C)(C)C)cc2)n1. The van der Waals surface area contributed by atoms with E-state index >= 15 is 0 Å². The van der Waals surface area contributed by atoms with E-state index < -0.39 is 10.0 Å². The molecule has 0 aliphatic carbocycles. The van der Waals surface area contributed by atoms with E-state index in [1.54, 1.807) is 36.1 Å². The maximum absolute atomic E-state index is 12.2. The van der Waals surface area contributed by atoms with Gasteiger partial charge in [-0.2, -0.15) is 5.10 Å². The number of aryl methyl sites for hydroxylation is 1. The first-order valence-electron chi connectivity index (χ1n) is 6.77. The predicted molar refractivity (Wildman–Crippen MR) is 82.4 cm³/mol. The third-order valence-electron chi connectivity index (χ3n) is 3.24. The fourth-order valence-electron chi connectivity index (χ4n) is 1.94. The van der Waals surface area contributed by atoms with E-state index in [1.807, 2.05) is 12.1 Å². The van der Waals surface area contributed by atoms with Gasteiger partial charge < -0.3 is 0 Å². The van der Waals surface area contributed by atoms with Gasteiger partial charge in [0.25, 0.3) is 0 Å². The maximum Gasteiger partial charge on any atom is 0.240 e. The Bertz CT molecular complexity index is 710. The molecule has 0 bridgehead atoms. The molecule has 5 nitrogen and oxygen atoms in total. The summed E-state index contributed by atoms with van der Waals surface area (Å²) in [5, 5.41) is 4.14. The smallest absolute Gasteiger partial charge is 0.240 e. The molecule has 0 radical (unpaired) electrons. The summed E-state index contributed by atoms with van der Waals surface area (Å²) in [6.07, 6.45) is 1.78. The summed E-state index contributed by atoms with van der Waals surface area (Å²) in [5.41, 5.74) is 1.79. The van der Waals surface area contributed by atoms with Gasteiger partial charge in [-0.1, -0.05) is 32.9 Å². The summed E-state index contributed by atoms with van der Waals surface area (Å²) in [5.74, 6) is 0. The van der Waals surface area contributed by atoms with Gasteiger partial charge in [0.15, 0.2) is 0 Å². The molecule has 0 saturated carbocycles. The Hall–Kier alpha value is -1.66. The molecule has 1 N–H and O–H groups in total. The number of sulfonamides is 1. The first-order chi connectivity index (χ1) is 9.68. The largest absolute Gasteiger partial charge is 0.276 e. The van der Waals surface area contributed by atoms with Crippen molar-refractivity contribution in [2.75, 3.05) is 0 Å². The Labute approximate surface area is 126 Å². The van der Waals surface area contributed by atoms with Gasteiger partial charge in [0, 0.05) is 13.2 Å². The Balaban J connectivity index is 2.12. The number of aromatic nitrogens is 2. The number of nitrogens with one attached hydrogen (secondary N) is 1. The fourth-order valence-corrected chi connectivity index (χ4v) is 2.94. The molecule has 0 fully saturated rings. The van der Waals surface area contributed by atoms with Crippen molar-refractivity contribution in [1.29, 1.82) is 0 Å². The minimum absolute atomic E-state index is 0.00365. The molecule has 1 aromatic carbocycles. The molecule has 0 spiro atoms. The second-order valence-electron chi connectivity index (χ2n) is 6.08. The fraction of sp³-hybridized carbons (Fsp3) is 0.400. The molecular formula is C15H21N3O2S. The highest BCUT2D eigenvalue weighted by Gasteiger charge is 2.17. The lowest BCUT2D eigenvalue weighted by atomic mass is 9.87. The van der Waals surface area contributed by atoms with Gasteiger partial charge in [-0.15, -0.1) is 0 Å². The van der Waals surface area contributed by atoms with Crippen LogP contribution < -0.4 is 4.72 Å². The van der Waals surface area contributed by atoms with Crippen LogP contribution in [0.15, 0.2) is 41.4 Å². The van der Waals surface area contributed by atoms with Crippen molar-refractivity contribution < 1.29 is 8.42 Å². The van der Waals surface area contributed by atoms with E-state index in [9.17, 15) is 8.42 Å². The molecule has 6 heteroatoms. The molecule has 0 amide bonds. The summed E-state index contributed by atoms with van der Waals surface area (Å²) in [6.45, 7) is 6.46. The van der Waals surface area contributed by atoms with Gasteiger partial charge in [-0.3, -0.25) is 4.68 Å². The maximum atomic E-state index is 12.2. The van der Waals surface area contributed by atoms with Crippen LogP contribution in [0, 0.1) is 0 Å². The molecule has 1 heterocycles. The van der Waals surface area contributed by atoms with E-state index in [2.05, 4.69) is 30.6 Å². The molecule has 0 saturated heterocycles. The van der Waals surface area contributed by atoms with Crippen molar-refractivity contribution >= 4 is 10.0 Å². The quantitative estimate of drug-likeness (QED) is 0.942. The number of hydrogen-bond acceptors (Lipinski definition) is 3. The highest BCUT2D eigenvalue weighted by molar-refractivity contribution is 7.89. The van der Waals surface area contributed by atoms with Gasteiger partial charge in [0.2, 0.25) is 10.0 Å². The van der Waals surface area contributed by atoms with Gasteiger partial charge in [0.1, 0.15) is 0 Å². The van der Waals surface area contributed by atoms with Crippen LogP contribution in [0.3, 0.4) is 0 Å². The molecule has 21 heavy (non-hydrogen) atoms. The molecule has 1 aromatic heterocycles. The van der Waals surface area contributed by atoms with Crippen LogP contribution in [0.2, 0.25) is 0 Å². The van der Waals surface area contributed by atoms with Crippen molar-refractivity contribution in [3.8, 4) is 0 Å². The molecule has 2 rings (SSSR count). The summed E-state index contributed by atoms with van der Waals surface area (Å²) in [4.78, 5) is 0.270. The zero-order chi connectivity index (χ0) is 15.7. The van der Waals surface area contributed by atoms with Crippen molar-refractivity contribution in [1.82, 2.24) is 14.5 Å². The lowest BCUT2D eigenvalue weighted by Gasteiger charge is -2.19. The highest BCUT2D eigenvalue weighted by Crippen LogP contribution is 2.23. The third-order valence-corrected chi connectivity index (χ3v) is 4.66. The van der Waals surface area contributed by atoms with E-state index in [1.165, 1.54) is 0 Å². The van der Waals surface area contributed by atoms with Gasteiger partial charge in [-0.05, 0) is 29.2 Å². The third kappa shape index (κ3) is 3.92. The monoisotopic (exact) mass is 307 g/mol. The minimum Gasteiger partial charge on any atom is -0.276 e. The van der Waals surface area contributed by atoms with Crippen LogP contribution in [0.25, 0.3) is 0 Å². The number of hydrogen-bond donors (Lipinski definition) is 1. The topological polar surface area (TPSA) is 64.0 Å². The zero-order valence-electron chi connectivity index (χ0n) is 12.8. The van der Waals surface area contributed by atoms with E-state index in [4.69, 9.17) is 0 Å². The summed E-state index contributed by atoms with van der Waals surface area (Å²) < 4.78 is 28.7. The summed E-state index contributed by atoms with van der Waals surface area (Å²) >= 11 is 0. The molecule has 114 valence electrons. The Kier molecular flexibility index (Phi) is 4.20. The van der Waals surface area contributed by atoms with Crippen molar-refractivity contribution in [2.45, 2.75) is 37.6 Å². The standard InChI is InChI=1S/C15H21N3O2S/c1-15(2,3)12-5-7-14(8-6-12)21(19,20)16-11-13-9-10-18(4)17-13/h5-10,16H,11H2,1-4H3. The van der Waals surface area contributed by atoms with Crippen molar-refractivity contribution in [3.63, 3.8) is 0 Å². The van der Waals surface area contributed by atoms with E-state index in [-0.39, 0.29) is 16.9 Å². The highest BCUT2D eigenvalue weighted by atomic mass is 32.2. The number of rotatable bonds is 4.